The lowest BCUT2D eigenvalue weighted by molar-refractivity contribution is -0.116. The highest BCUT2D eigenvalue weighted by molar-refractivity contribution is 5.90. The number of carbonyl (C=O) groups excluding carboxylic acids is 1. The fraction of sp³-hybridized carbons (Fsp3) is 0.200. The SMILES string of the molecule is Cc1ccc(F)c(NC(=O)Cn2cnnn2)c1. The van der Waals surface area contributed by atoms with Gasteiger partial charge in [-0.05, 0) is 35.0 Å². The largest absolute Gasteiger partial charge is 0.322 e. The van der Waals surface area contributed by atoms with E-state index in [4.69, 9.17) is 0 Å². The maximum absolute atomic E-state index is 13.3. The van der Waals surface area contributed by atoms with E-state index in [1.54, 1.807) is 12.1 Å². The van der Waals surface area contributed by atoms with Gasteiger partial charge >= 0.3 is 0 Å². The average Bonchev–Trinajstić information content (AvgIpc) is 2.76. The number of halogens is 1. The molecule has 7 heteroatoms. The van der Waals surface area contributed by atoms with Gasteiger partial charge in [0.15, 0.2) is 0 Å². The molecule has 0 bridgehead atoms. The molecule has 1 aromatic carbocycles. The van der Waals surface area contributed by atoms with Gasteiger partial charge in [0.05, 0.1) is 5.69 Å². The number of amides is 1. The van der Waals surface area contributed by atoms with Gasteiger partial charge in [0.1, 0.15) is 18.7 Å². The highest BCUT2D eigenvalue weighted by atomic mass is 19.1. The molecule has 0 atom stereocenters. The molecule has 0 unspecified atom stereocenters. The van der Waals surface area contributed by atoms with Crippen LogP contribution < -0.4 is 5.32 Å². The summed E-state index contributed by atoms with van der Waals surface area (Å²) >= 11 is 0. The maximum Gasteiger partial charge on any atom is 0.246 e. The van der Waals surface area contributed by atoms with E-state index in [-0.39, 0.29) is 18.1 Å². The molecule has 6 nitrogen and oxygen atoms in total. The summed E-state index contributed by atoms with van der Waals surface area (Å²) < 4.78 is 14.6. The van der Waals surface area contributed by atoms with Crippen molar-refractivity contribution in [2.24, 2.45) is 0 Å². The van der Waals surface area contributed by atoms with Crippen LogP contribution in [0.4, 0.5) is 10.1 Å². The number of hydrogen-bond acceptors (Lipinski definition) is 4. The predicted octanol–water partition coefficient (Wildman–Crippen LogP) is 0.759. The summed E-state index contributed by atoms with van der Waals surface area (Å²) in [6.45, 7) is 1.76. The minimum atomic E-state index is -0.472. The number of aryl methyl sites for hydroxylation is 1. The third kappa shape index (κ3) is 2.83. The zero-order chi connectivity index (χ0) is 12.3. The predicted molar refractivity (Wildman–Crippen MR) is 57.6 cm³/mol. The minimum Gasteiger partial charge on any atom is -0.322 e. The van der Waals surface area contributed by atoms with Crippen LogP contribution in [-0.2, 0) is 11.3 Å². The molecule has 2 rings (SSSR count). The van der Waals surface area contributed by atoms with Crippen LogP contribution in [0.25, 0.3) is 0 Å². The molecule has 1 aromatic heterocycles. The van der Waals surface area contributed by atoms with Crippen molar-refractivity contribution in [1.29, 1.82) is 0 Å². The van der Waals surface area contributed by atoms with Crippen LogP contribution in [0.3, 0.4) is 0 Å². The second-order valence-corrected chi connectivity index (χ2v) is 3.54. The molecular weight excluding hydrogens is 225 g/mol. The third-order valence-corrected chi connectivity index (χ3v) is 2.09. The molecule has 0 radical (unpaired) electrons. The molecule has 1 N–H and O–H groups in total. The Morgan fingerprint density at radius 1 is 1.53 bits per heavy atom. The van der Waals surface area contributed by atoms with Crippen molar-refractivity contribution < 1.29 is 9.18 Å². The number of rotatable bonds is 3. The fourth-order valence-corrected chi connectivity index (χ4v) is 1.32. The normalized spacial score (nSPS) is 10.2. The van der Waals surface area contributed by atoms with E-state index >= 15 is 0 Å². The van der Waals surface area contributed by atoms with Gasteiger partial charge in [0.2, 0.25) is 5.91 Å². The molecule has 17 heavy (non-hydrogen) atoms. The first-order valence-electron chi connectivity index (χ1n) is 4.92. The Balaban J connectivity index is 2.05. The Morgan fingerprint density at radius 2 is 2.35 bits per heavy atom. The summed E-state index contributed by atoms with van der Waals surface area (Å²) in [7, 11) is 0. The van der Waals surface area contributed by atoms with Crippen LogP contribution in [0, 0.1) is 12.7 Å². The van der Waals surface area contributed by atoms with Crippen LogP contribution in [0.1, 0.15) is 5.56 Å². The van der Waals surface area contributed by atoms with Gasteiger partial charge in [0.25, 0.3) is 0 Å². The number of carbonyl (C=O) groups is 1. The van der Waals surface area contributed by atoms with E-state index in [0.29, 0.717) is 0 Å². The van der Waals surface area contributed by atoms with Crippen LogP contribution in [0.5, 0.6) is 0 Å². The van der Waals surface area contributed by atoms with Crippen molar-refractivity contribution in [1.82, 2.24) is 20.2 Å². The number of hydrogen-bond donors (Lipinski definition) is 1. The Kier molecular flexibility index (Phi) is 3.08. The summed E-state index contributed by atoms with van der Waals surface area (Å²) in [6, 6.07) is 4.50. The molecule has 88 valence electrons. The Hall–Kier alpha value is -2.31. The second kappa shape index (κ2) is 4.69. The van der Waals surface area contributed by atoms with Crippen molar-refractivity contribution in [2.75, 3.05) is 5.32 Å². The van der Waals surface area contributed by atoms with Crippen LogP contribution in [0.15, 0.2) is 24.5 Å². The van der Waals surface area contributed by atoms with Crippen LogP contribution in [-0.4, -0.2) is 26.1 Å². The maximum atomic E-state index is 13.3. The summed E-state index contributed by atoms with van der Waals surface area (Å²) in [5.74, 6) is -0.859. The Morgan fingerprint density at radius 3 is 3.06 bits per heavy atom. The zero-order valence-electron chi connectivity index (χ0n) is 9.09. The van der Waals surface area contributed by atoms with Gasteiger partial charge in [-0.3, -0.25) is 4.79 Å². The van der Waals surface area contributed by atoms with Gasteiger partial charge in [-0.1, -0.05) is 6.07 Å². The number of benzene rings is 1. The first-order chi connectivity index (χ1) is 8.15. The van der Waals surface area contributed by atoms with E-state index in [0.717, 1.165) is 5.56 Å². The molecule has 0 fully saturated rings. The van der Waals surface area contributed by atoms with E-state index < -0.39 is 5.82 Å². The fourth-order valence-electron chi connectivity index (χ4n) is 1.32. The van der Waals surface area contributed by atoms with Gasteiger partial charge < -0.3 is 5.32 Å². The number of aromatic nitrogens is 4. The Bertz CT molecular complexity index is 525. The smallest absolute Gasteiger partial charge is 0.246 e. The highest BCUT2D eigenvalue weighted by Crippen LogP contribution is 2.15. The first-order valence-corrected chi connectivity index (χ1v) is 4.92. The monoisotopic (exact) mass is 235 g/mol. The van der Waals surface area contributed by atoms with Crippen molar-refractivity contribution >= 4 is 11.6 Å². The van der Waals surface area contributed by atoms with Crippen LogP contribution >= 0.6 is 0 Å². The van der Waals surface area contributed by atoms with Crippen molar-refractivity contribution in [2.45, 2.75) is 13.5 Å². The standard InChI is InChI=1S/C10H10FN5O/c1-7-2-3-8(11)9(4-7)13-10(17)5-16-6-12-14-15-16/h2-4,6H,5H2,1H3,(H,13,17). The second-order valence-electron chi connectivity index (χ2n) is 3.54. The van der Waals surface area contributed by atoms with Gasteiger partial charge in [-0.15, -0.1) is 5.10 Å². The van der Waals surface area contributed by atoms with Crippen molar-refractivity contribution in [3.8, 4) is 0 Å². The lowest BCUT2D eigenvalue weighted by Gasteiger charge is -2.06. The number of anilines is 1. The number of nitrogens with one attached hydrogen (secondary N) is 1. The number of nitrogens with zero attached hydrogens (tertiary/aromatic N) is 4. The zero-order valence-corrected chi connectivity index (χ0v) is 9.09. The van der Waals surface area contributed by atoms with Gasteiger partial charge in [-0.25, -0.2) is 9.07 Å². The molecule has 0 spiro atoms. The summed E-state index contributed by atoms with van der Waals surface area (Å²) in [5, 5.41) is 12.8. The lowest BCUT2D eigenvalue weighted by Crippen LogP contribution is -2.19. The third-order valence-electron chi connectivity index (χ3n) is 2.09. The molecule has 0 saturated heterocycles. The molecule has 0 aliphatic carbocycles. The molecule has 0 saturated carbocycles. The van der Waals surface area contributed by atoms with E-state index in [9.17, 15) is 9.18 Å². The Labute approximate surface area is 96.4 Å². The van der Waals surface area contributed by atoms with E-state index in [1.165, 1.54) is 17.1 Å². The number of tetrazole rings is 1. The minimum absolute atomic E-state index is 0.0552. The molecule has 0 aliphatic rings. The molecule has 0 aliphatic heterocycles. The molecule has 1 heterocycles. The van der Waals surface area contributed by atoms with Crippen molar-refractivity contribution in [3.05, 3.63) is 35.9 Å². The van der Waals surface area contributed by atoms with E-state index in [2.05, 4.69) is 20.8 Å². The van der Waals surface area contributed by atoms with Crippen molar-refractivity contribution in [3.63, 3.8) is 0 Å². The molecular formula is C10H10FN5O. The van der Waals surface area contributed by atoms with Gasteiger partial charge in [-0.2, -0.15) is 0 Å². The van der Waals surface area contributed by atoms with E-state index in [1.807, 2.05) is 6.92 Å². The quantitative estimate of drug-likeness (QED) is 0.852. The lowest BCUT2D eigenvalue weighted by atomic mass is 10.2. The summed E-state index contributed by atoms with van der Waals surface area (Å²) in [4.78, 5) is 11.5. The molecule has 1 amide bonds. The van der Waals surface area contributed by atoms with Crippen LogP contribution in [0.2, 0.25) is 0 Å². The average molecular weight is 235 g/mol. The highest BCUT2D eigenvalue weighted by Gasteiger charge is 2.08. The summed E-state index contributed by atoms with van der Waals surface area (Å²) in [5.41, 5.74) is 1.02. The topological polar surface area (TPSA) is 72.7 Å². The first kappa shape index (κ1) is 11.2. The van der Waals surface area contributed by atoms with Gasteiger partial charge in [0, 0.05) is 0 Å². The molecule has 2 aromatic rings. The summed E-state index contributed by atoms with van der Waals surface area (Å²) in [6.07, 6.45) is 1.31.